The van der Waals surface area contributed by atoms with Crippen molar-refractivity contribution in [3.63, 3.8) is 0 Å². The first-order valence-electron chi connectivity index (χ1n) is 7.94. The van der Waals surface area contributed by atoms with Crippen molar-refractivity contribution in [1.29, 1.82) is 0 Å². The van der Waals surface area contributed by atoms with E-state index in [-0.39, 0.29) is 36.4 Å². The Balaban J connectivity index is 2.63. The van der Waals surface area contributed by atoms with Gasteiger partial charge < -0.3 is 10.1 Å². The molecule has 1 amide bonds. The van der Waals surface area contributed by atoms with E-state index in [0.717, 1.165) is 4.47 Å². The van der Waals surface area contributed by atoms with Gasteiger partial charge in [-0.1, -0.05) is 43.6 Å². The van der Waals surface area contributed by atoms with E-state index in [1.54, 1.807) is 52.0 Å². The highest BCUT2D eigenvalue weighted by atomic mass is 79.9. The van der Waals surface area contributed by atoms with E-state index in [1.807, 2.05) is 0 Å². The molecule has 1 atom stereocenters. The summed E-state index contributed by atoms with van der Waals surface area (Å²) in [7, 11) is 0. The first-order chi connectivity index (χ1) is 11.2. The topological polar surface area (TPSA) is 72.5 Å². The van der Waals surface area contributed by atoms with Gasteiger partial charge >= 0.3 is 0 Å². The van der Waals surface area contributed by atoms with Crippen molar-refractivity contribution in [2.75, 3.05) is 6.61 Å². The molecule has 24 heavy (non-hydrogen) atoms. The van der Waals surface area contributed by atoms with Crippen LogP contribution in [-0.4, -0.2) is 30.1 Å². The number of benzene rings is 1. The van der Waals surface area contributed by atoms with E-state index < -0.39 is 11.9 Å². The molecule has 0 heterocycles. The molecule has 0 aliphatic rings. The Morgan fingerprint density at radius 2 is 1.62 bits per heavy atom. The van der Waals surface area contributed by atoms with Crippen LogP contribution in [0.4, 0.5) is 0 Å². The number of carbonyl (C=O) groups excluding carboxylic acids is 3. The number of rotatable bonds is 9. The molecule has 0 fully saturated rings. The second-order valence-electron chi connectivity index (χ2n) is 6.24. The van der Waals surface area contributed by atoms with Crippen molar-refractivity contribution < 1.29 is 19.1 Å². The summed E-state index contributed by atoms with van der Waals surface area (Å²) in [5.74, 6) is -0.512. The molecular formula is C18H24BrNO4. The smallest absolute Gasteiger partial charge is 0.258 e. The third kappa shape index (κ3) is 6.83. The molecule has 1 unspecified atom stereocenters. The summed E-state index contributed by atoms with van der Waals surface area (Å²) in [6, 6.07) is 6.27. The molecule has 0 spiro atoms. The lowest BCUT2D eigenvalue weighted by Gasteiger charge is -2.20. The van der Waals surface area contributed by atoms with Crippen molar-refractivity contribution >= 4 is 33.4 Å². The zero-order valence-electron chi connectivity index (χ0n) is 14.5. The summed E-state index contributed by atoms with van der Waals surface area (Å²) in [6.45, 7) is 6.84. The van der Waals surface area contributed by atoms with Crippen molar-refractivity contribution in [3.8, 4) is 5.75 Å². The highest BCUT2D eigenvalue weighted by Gasteiger charge is 2.26. The van der Waals surface area contributed by atoms with E-state index in [0.29, 0.717) is 5.75 Å². The van der Waals surface area contributed by atoms with Crippen molar-refractivity contribution in [2.24, 2.45) is 11.8 Å². The van der Waals surface area contributed by atoms with Gasteiger partial charge in [-0.05, 0) is 24.3 Å². The minimum atomic E-state index is -0.805. The van der Waals surface area contributed by atoms with E-state index in [1.165, 1.54) is 0 Å². The van der Waals surface area contributed by atoms with Crippen LogP contribution in [0.3, 0.4) is 0 Å². The van der Waals surface area contributed by atoms with Gasteiger partial charge in [0.25, 0.3) is 5.91 Å². The average molecular weight is 398 g/mol. The lowest BCUT2D eigenvalue weighted by molar-refractivity contribution is -0.133. The monoisotopic (exact) mass is 397 g/mol. The number of hydrogen-bond acceptors (Lipinski definition) is 4. The third-order valence-corrected chi connectivity index (χ3v) is 4.01. The Hall–Kier alpha value is -1.69. The van der Waals surface area contributed by atoms with E-state index in [4.69, 9.17) is 4.74 Å². The molecule has 0 aliphatic carbocycles. The van der Waals surface area contributed by atoms with Gasteiger partial charge in [-0.25, -0.2) is 0 Å². The fraction of sp³-hybridized carbons (Fsp3) is 0.500. The maximum atomic E-state index is 12.2. The SMILES string of the molecule is CC(C)C(=O)CC(NC(=O)COc1ccc(Br)cc1)C(=O)C(C)C. The van der Waals surface area contributed by atoms with Crippen LogP contribution in [0.15, 0.2) is 28.7 Å². The van der Waals surface area contributed by atoms with Crippen LogP contribution in [0.25, 0.3) is 0 Å². The molecule has 1 aromatic carbocycles. The zero-order chi connectivity index (χ0) is 18.3. The zero-order valence-corrected chi connectivity index (χ0v) is 16.1. The Kier molecular flexibility index (Phi) is 8.11. The predicted octanol–water partition coefficient (Wildman–Crippen LogP) is 3.15. The second kappa shape index (κ2) is 9.57. The van der Waals surface area contributed by atoms with Crippen molar-refractivity contribution in [3.05, 3.63) is 28.7 Å². The Bertz CT molecular complexity index is 581. The first-order valence-corrected chi connectivity index (χ1v) is 8.74. The standard InChI is InChI=1S/C18H24BrNO4/c1-11(2)16(21)9-15(18(23)12(3)4)20-17(22)10-24-14-7-5-13(19)6-8-14/h5-8,11-12,15H,9-10H2,1-4H3,(H,20,22). The molecule has 0 radical (unpaired) electrons. The number of ketones is 2. The minimum absolute atomic E-state index is 0.0126. The van der Waals surface area contributed by atoms with Gasteiger partial charge in [0.15, 0.2) is 12.4 Å². The minimum Gasteiger partial charge on any atom is -0.484 e. The highest BCUT2D eigenvalue weighted by molar-refractivity contribution is 9.10. The molecule has 5 nitrogen and oxygen atoms in total. The van der Waals surface area contributed by atoms with E-state index in [9.17, 15) is 14.4 Å². The van der Waals surface area contributed by atoms with Crippen LogP contribution in [-0.2, 0) is 14.4 Å². The van der Waals surface area contributed by atoms with Crippen LogP contribution in [0.5, 0.6) is 5.75 Å². The number of carbonyl (C=O) groups is 3. The summed E-state index contributed by atoms with van der Waals surface area (Å²) in [5, 5.41) is 2.62. The van der Waals surface area contributed by atoms with Crippen LogP contribution in [0.1, 0.15) is 34.1 Å². The fourth-order valence-electron chi connectivity index (χ4n) is 1.98. The molecule has 0 aromatic heterocycles. The predicted molar refractivity (Wildman–Crippen MR) is 95.9 cm³/mol. The molecule has 1 N–H and O–H groups in total. The van der Waals surface area contributed by atoms with Gasteiger partial charge in [0.05, 0.1) is 6.04 Å². The normalized spacial score (nSPS) is 12.1. The Labute approximate surface area is 151 Å². The molecule has 0 saturated heterocycles. The fourth-order valence-corrected chi connectivity index (χ4v) is 2.24. The number of halogens is 1. The summed E-state index contributed by atoms with van der Waals surface area (Å²) in [6.07, 6.45) is 0.0126. The van der Waals surface area contributed by atoms with Gasteiger partial charge in [-0.3, -0.25) is 14.4 Å². The van der Waals surface area contributed by atoms with Crippen LogP contribution >= 0.6 is 15.9 Å². The first kappa shape index (κ1) is 20.4. The summed E-state index contributed by atoms with van der Waals surface area (Å²) in [5.41, 5.74) is 0. The number of ether oxygens (including phenoxy) is 1. The number of hydrogen-bond donors (Lipinski definition) is 1. The Morgan fingerprint density at radius 3 is 2.12 bits per heavy atom. The molecular weight excluding hydrogens is 374 g/mol. The Morgan fingerprint density at radius 1 is 1.04 bits per heavy atom. The van der Waals surface area contributed by atoms with Crippen molar-refractivity contribution in [1.82, 2.24) is 5.32 Å². The van der Waals surface area contributed by atoms with E-state index in [2.05, 4.69) is 21.2 Å². The molecule has 0 saturated carbocycles. The van der Waals surface area contributed by atoms with Gasteiger partial charge in [0.1, 0.15) is 11.5 Å². The van der Waals surface area contributed by atoms with Crippen LogP contribution in [0.2, 0.25) is 0 Å². The van der Waals surface area contributed by atoms with Gasteiger partial charge in [0.2, 0.25) is 0 Å². The number of Topliss-reactive ketones (excluding diaryl/α,β-unsaturated/α-hetero) is 2. The largest absolute Gasteiger partial charge is 0.484 e. The summed E-state index contributed by atoms with van der Waals surface area (Å²) < 4.78 is 6.30. The van der Waals surface area contributed by atoms with Crippen molar-refractivity contribution in [2.45, 2.75) is 40.2 Å². The van der Waals surface area contributed by atoms with Crippen LogP contribution < -0.4 is 10.1 Å². The van der Waals surface area contributed by atoms with E-state index >= 15 is 0 Å². The summed E-state index contributed by atoms with van der Waals surface area (Å²) in [4.78, 5) is 36.2. The molecule has 1 rings (SSSR count). The lowest BCUT2D eigenvalue weighted by Crippen LogP contribution is -2.46. The quantitative estimate of drug-likeness (QED) is 0.694. The second-order valence-corrected chi connectivity index (χ2v) is 7.16. The van der Waals surface area contributed by atoms with Gasteiger partial charge in [-0.15, -0.1) is 0 Å². The molecule has 6 heteroatoms. The maximum Gasteiger partial charge on any atom is 0.258 e. The summed E-state index contributed by atoms with van der Waals surface area (Å²) >= 11 is 3.32. The van der Waals surface area contributed by atoms with Gasteiger partial charge in [0, 0.05) is 22.7 Å². The lowest BCUT2D eigenvalue weighted by atomic mass is 9.94. The third-order valence-electron chi connectivity index (χ3n) is 3.48. The number of amides is 1. The molecule has 0 bridgehead atoms. The van der Waals surface area contributed by atoms with Gasteiger partial charge in [-0.2, -0.15) is 0 Å². The highest BCUT2D eigenvalue weighted by Crippen LogP contribution is 2.16. The molecule has 132 valence electrons. The molecule has 1 aromatic rings. The molecule has 0 aliphatic heterocycles. The maximum absolute atomic E-state index is 12.2. The average Bonchev–Trinajstić information content (AvgIpc) is 2.52. The number of nitrogens with one attached hydrogen (secondary N) is 1. The van der Waals surface area contributed by atoms with Crippen LogP contribution in [0, 0.1) is 11.8 Å².